The number of carboxylic acids is 1. The minimum atomic E-state index is -1.11. The summed E-state index contributed by atoms with van der Waals surface area (Å²) in [5, 5.41) is 12.2. The molecular formula is C22H15ClN2O5. The number of hydrogen-bond acceptors (Lipinski definition) is 5. The van der Waals surface area contributed by atoms with Crippen LogP contribution in [0.25, 0.3) is 22.6 Å². The highest BCUT2D eigenvalue weighted by Crippen LogP contribution is 2.34. The number of hydrogen-bond donors (Lipinski definition) is 2. The molecular weight excluding hydrogens is 408 g/mol. The summed E-state index contributed by atoms with van der Waals surface area (Å²) in [7, 11) is 0. The lowest BCUT2D eigenvalue weighted by atomic mass is 10.1. The third kappa shape index (κ3) is 4.26. The van der Waals surface area contributed by atoms with Gasteiger partial charge in [-0.1, -0.05) is 29.8 Å². The van der Waals surface area contributed by atoms with E-state index in [9.17, 15) is 9.59 Å². The largest absolute Gasteiger partial charge is 0.481 e. The van der Waals surface area contributed by atoms with Crippen LogP contribution in [0.3, 0.4) is 0 Å². The Balaban J connectivity index is 1.70. The van der Waals surface area contributed by atoms with Crippen LogP contribution in [0, 0.1) is 0 Å². The number of aliphatic carboxylic acids is 1. The summed E-state index contributed by atoms with van der Waals surface area (Å²) < 4.78 is 11.2. The van der Waals surface area contributed by atoms with Gasteiger partial charge in [-0.15, -0.1) is 0 Å². The van der Waals surface area contributed by atoms with Crippen molar-refractivity contribution in [2.75, 3.05) is 11.9 Å². The van der Waals surface area contributed by atoms with Gasteiger partial charge in [-0.2, -0.15) is 0 Å². The second-order valence-electron chi connectivity index (χ2n) is 6.34. The highest BCUT2D eigenvalue weighted by molar-refractivity contribution is 6.31. The van der Waals surface area contributed by atoms with E-state index >= 15 is 0 Å². The van der Waals surface area contributed by atoms with Crippen LogP contribution in [0.5, 0.6) is 5.75 Å². The summed E-state index contributed by atoms with van der Waals surface area (Å²) in [5.74, 6) is -0.947. The Bertz CT molecular complexity index is 1220. The minimum absolute atomic E-state index is 0.246. The summed E-state index contributed by atoms with van der Waals surface area (Å²) in [4.78, 5) is 27.9. The van der Waals surface area contributed by atoms with E-state index in [1.807, 2.05) is 12.1 Å². The standard InChI is InChI=1S/C22H15ClN2O5/c23-14-5-3-4-13(10-14)21(28)24-15-8-9-18(29-12-20(26)27)16(11-15)22-25-17-6-1-2-7-19(17)30-22/h1-11H,12H2,(H,24,28)(H,26,27). The van der Waals surface area contributed by atoms with E-state index in [0.29, 0.717) is 32.9 Å². The van der Waals surface area contributed by atoms with Crippen molar-refractivity contribution in [3.63, 3.8) is 0 Å². The second-order valence-corrected chi connectivity index (χ2v) is 6.78. The highest BCUT2D eigenvalue weighted by Gasteiger charge is 2.17. The molecule has 0 spiro atoms. The average molecular weight is 423 g/mol. The van der Waals surface area contributed by atoms with Crippen molar-refractivity contribution in [2.45, 2.75) is 0 Å². The number of carbonyl (C=O) groups excluding carboxylic acids is 1. The monoisotopic (exact) mass is 422 g/mol. The normalized spacial score (nSPS) is 10.7. The van der Waals surface area contributed by atoms with E-state index < -0.39 is 12.6 Å². The van der Waals surface area contributed by atoms with Gasteiger partial charge in [-0.3, -0.25) is 4.79 Å². The van der Waals surface area contributed by atoms with E-state index in [4.69, 9.17) is 25.9 Å². The molecule has 4 rings (SSSR count). The Kier molecular flexibility index (Phi) is 5.36. The van der Waals surface area contributed by atoms with E-state index in [0.717, 1.165) is 0 Å². The van der Waals surface area contributed by atoms with Crippen LogP contribution in [0.4, 0.5) is 5.69 Å². The zero-order valence-corrected chi connectivity index (χ0v) is 16.2. The van der Waals surface area contributed by atoms with Crippen molar-refractivity contribution in [1.82, 2.24) is 4.98 Å². The summed E-state index contributed by atoms with van der Waals surface area (Å²) in [6.45, 7) is -0.526. The number of carbonyl (C=O) groups is 2. The van der Waals surface area contributed by atoms with Gasteiger partial charge >= 0.3 is 5.97 Å². The van der Waals surface area contributed by atoms with Crippen LogP contribution in [-0.4, -0.2) is 28.6 Å². The lowest BCUT2D eigenvalue weighted by molar-refractivity contribution is -0.139. The molecule has 0 aliphatic heterocycles. The molecule has 1 amide bonds. The molecule has 0 aliphatic carbocycles. The number of fused-ring (bicyclic) bond motifs is 1. The maximum Gasteiger partial charge on any atom is 0.341 e. The van der Waals surface area contributed by atoms with Crippen LogP contribution >= 0.6 is 11.6 Å². The molecule has 0 bridgehead atoms. The fraction of sp³-hybridized carbons (Fsp3) is 0.0455. The van der Waals surface area contributed by atoms with Crippen LogP contribution in [0.15, 0.2) is 71.1 Å². The quantitative estimate of drug-likeness (QED) is 0.460. The average Bonchev–Trinajstić information content (AvgIpc) is 3.17. The SMILES string of the molecule is O=C(O)COc1ccc(NC(=O)c2cccc(Cl)c2)cc1-c1nc2ccccc2o1. The first-order valence-electron chi connectivity index (χ1n) is 8.91. The first-order valence-corrected chi connectivity index (χ1v) is 9.29. The topological polar surface area (TPSA) is 102 Å². The van der Waals surface area contributed by atoms with E-state index in [-0.39, 0.29) is 17.5 Å². The Hall–Kier alpha value is -3.84. The molecule has 4 aromatic rings. The predicted molar refractivity (Wildman–Crippen MR) is 112 cm³/mol. The van der Waals surface area contributed by atoms with Crippen LogP contribution in [-0.2, 0) is 4.79 Å². The molecule has 2 N–H and O–H groups in total. The number of para-hydroxylation sites is 2. The number of rotatable bonds is 6. The van der Waals surface area contributed by atoms with Crippen molar-refractivity contribution in [1.29, 1.82) is 0 Å². The van der Waals surface area contributed by atoms with Gasteiger partial charge in [-0.05, 0) is 48.5 Å². The molecule has 0 radical (unpaired) electrons. The third-order valence-corrected chi connectivity index (χ3v) is 4.43. The number of anilines is 1. The van der Waals surface area contributed by atoms with E-state index in [1.54, 1.807) is 54.6 Å². The van der Waals surface area contributed by atoms with Crippen molar-refractivity contribution in [3.05, 3.63) is 77.3 Å². The molecule has 1 aromatic heterocycles. The summed E-state index contributed by atoms with van der Waals surface area (Å²) in [6.07, 6.45) is 0. The van der Waals surface area contributed by atoms with Gasteiger partial charge in [0.05, 0.1) is 5.56 Å². The van der Waals surface area contributed by atoms with Crippen molar-refractivity contribution >= 4 is 40.3 Å². The number of carboxylic acid groups (broad SMARTS) is 1. The predicted octanol–water partition coefficient (Wildman–Crippen LogP) is 4.86. The number of nitrogens with one attached hydrogen (secondary N) is 1. The molecule has 0 unspecified atom stereocenters. The number of halogens is 1. The maximum atomic E-state index is 12.5. The van der Waals surface area contributed by atoms with Crippen LogP contribution < -0.4 is 10.1 Å². The van der Waals surface area contributed by atoms with Gasteiger partial charge < -0.3 is 19.6 Å². The van der Waals surface area contributed by atoms with Gasteiger partial charge in [0.15, 0.2) is 12.2 Å². The Labute approximate surface area is 175 Å². The zero-order valence-electron chi connectivity index (χ0n) is 15.5. The molecule has 0 saturated carbocycles. The first-order chi connectivity index (χ1) is 14.5. The summed E-state index contributed by atoms with van der Waals surface area (Å²) >= 11 is 5.95. The van der Waals surface area contributed by atoms with E-state index in [1.165, 1.54) is 0 Å². The van der Waals surface area contributed by atoms with Crippen molar-refractivity contribution in [3.8, 4) is 17.2 Å². The molecule has 3 aromatic carbocycles. The minimum Gasteiger partial charge on any atom is -0.481 e. The molecule has 150 valence electrons. The van der Waals surface area contributed by atoms with Crippen LogP contribution in [0.1, 0.15) is 10.4 Å². The molecule has 1 heterocycles. The second kappa shape index (κ2) is 8.26. The van der Waals surface area contributed by atoms with Gasteiger partial charge in [0, 0.05) is 16.3 Å². The number of ether oxygens (including phenoxy) is 1. The maximum absolute atomic E-state index is 12.5. The zero-order chi connectivity index (χ0) is 21.1. The number of amides is 1. The molecule has 8 heteroatoms. The molecule has 0 atom stereocenters. The Morgan fingerprint density at radius 3 is 2.67 bits per heavy atom. The Morgan fingerprint density at radius 1 is 1.07 bits per heavy atom. The summed E-state index contributed by atoms with van der Waals surface area (Å²) in [5.41, 5.74) is 2.49. The smallest absolute Gasteiger partial charge is 0.341 e. The number of oxazole rings is 1. The summed E-state index contributed by atoms with van der Waals surface area (Å²) in [6, 6.07) is 18.6. The Morgan fingerprint density at radius 2 is 1.90 bits per heavy atom. The molecule has 0 fully saturated rings. The van der Waals surface area contributed by atoms with Crippen LogP contribution in [0.2, 0.25) is 5.02 Å². The first kappa shape index (κ1) is 19.5. The van der Waals surface area contributed by atoms with Gasteiger partial charge in [0.2, 0.25) is 5.89 Å². The fourth-order valence-corrected chi connectivity index (χ4v) is 3.05. The third-order valence-electron chi connectivity index (χ3n) is 4.20. The fourth-order valence-electron chi connectivity index (χ4n) is 2.86. The highest BCUT2D eigenvalue weighted by atomic mass is 35.5. The molecule has 0 saturated heterocycles. The van der Waals surface area contributed by atoms with Gasteiger partial charge in [0.25, 0.3) is 5.91 Å². The van der Waals surface area contributed by atoms with Crippen molar-refractivity contribution < 1.29 is 23.8 Å². The molecule has 0 aliphatic rings. The molecule has 7 nitrogen and oxygen atoms in total. The van der Waals surface area contributed by atoms with Gasteiger partial charge in [-0.25, -0.2) is 9.78 Å². The molecule has 30 heavy (non-hydrogen) atoms. The number of aromatic nitrogens is 1. The number of benzene rings is 3. The lowest BCUT2D eigenvalue weighted by Gasteiger charge is -2.11. The van der Waals surface area contributed by atoms with E-state index in [2.05, 4.69) is 10.3 Å². The van der Waals surface area contributed by atoms with Crippen molar-refractivity contribution in [2.24, 2.45) is 0 Å². The number of nitrogens with zero attached hydrogens (tertiary/aromatic N) is 1. The van der Waals surface area contributed by atoms with Gasteiger partial charge in [0.1, 0.15) is 11.3 Å². The lowest BCUT2D eigenvalue weighted by Crippen LogP contribution is -2.12.